The summed E-state index contributed by atoms with van der Waals surface area (Å²) in [7, 11) is -3.25. The molecule has 0 saturated carbocycles. The maximum Gasteiger partial charge on any atom is 0.175 e. The fourth-order valence-corrected chi connectivity index (χ4v) is 2.76. The van der Waals surface area contributed by atoms with Crippen LogP contribution in [0.2, 0.25) is 0 Å². The quantitative estimate of drug-likeness (QED) is 0.742. The first-order valence-electron chi connectivity index (χ1n) is 7.41. The zero-order valence-electron chi connectivity index (χ0n) is 13.9. The first-order chi connectivity index (χ1) is 10.1. The number of aliphatic hydroxyl groups is 1. The highest BCUT2D eigenvalue weighted by molar-refractivity contribution is 7.90. The zero-order valence-corrected chi connectivity index (χ0v) is 14.7. The molecule has 3 atom stereocenters. The van der Waals surface area contributed by atoms with Crippen molar-refractivity contribution in [2.24, 2.45) is 0 Å². The molecule has 5 nitrogen and oxygen atoms in total. The van der Waals surface area contributed by atoms with Gasteiger partial charge in [0, 0.05) is 12.9 Å². The molecule has 0 aromatic heterocycles. The third-order valence-electron chi connectivity index (χ3n) is 3.62. The van der Waals surface area contributed by atoms with Crippen molar-refractivity contribution >= 4 is 9.84 Å². The fourth-order valence-electron chi connectivity index (χ4n) is 2.13. The molecule has 0 aliphatic heterocycles. The molecule has 1 aromatic carbocycles. The Hall–Kier alpha value is -0.950. The van der Waals surface area contributed by atoms with Crippen LogP contribution in [0.4, 0.5) is 0 Å². The molecule has 0 saturated heterocycles. The molecule has 0 radical (unpaired) electrons. The van der Waals surface area contributed by atoms with Crippen LogP contribution in [0.5, 0.6) is 0 Å². The standard InChI is InChI=1S/C16H26O5S/c1-6-16(4,17)15(21-12(3)20-7-2)13-8-10-14(11-9-13)22(5,18)19/h8-12,15,17H,6-7H2,1-5H3/t12?,15-,16+/m1/s1. The normalized spacial score (nSPS) is 17.7. The summed E-state index contributed by atoms with van der Waals surface area (Å²) < 4.78 is 34.3. The SMILES string of the molecule is CCOC(C)O[C@H](c1ccc(S(C)(=O)=O)cc1)[C@@](C)(O)CC. The second kappa shape index (κ2) is 7.55. The van der Waals surface area contributed by atoms with Gasteiger partial charge in [0.15, 0.2) is 16.1 Å². The maximum atomic E-state index is 11.5. The molecule has 0 heterocycles. The fraction of sp³-hybridized carbons (Fsp3) is 0.625. The number of hydrogen-bond acceptors (Lipinski definition) is 5. The first-order valence-corrected chi connectivity index (χ1v) is 9.30. The van der Waals surface area contributed by atoms with Gasteiger partial charge in [-0.1, -0.05) is 19.1 Å². The highest BCUT2D eigenvalue weighted by Crippen LogP contribution is 2.33. The minimum atomic E-state index is -3.25. The lowest BCUT2D eigenvalue weighted by atomic mass is 9.90. The highest BCUT2D eigenvalue weighted by Gasteiger charge is 2.34. The molecule has 1 N–H and O–H groups in total. The molecule has 0 aliphatic carbocycles. The number of benzene rings is 1. The summed E-state index contributed by atoms with van der Waals surface area (Å²) >= 11 is 0. The minimum absolute atomic E-state index is 0.240. The molecule has 126 valence electrons. The van der Waals surface area contributed by atoms with E-state index < -0.39 is 27.8 Å². The van der Waals surface area contributed by atoms with Crippen LogP contribution in [-0.2, 0) is 19.3 Å². The van der Waals surface area contributed by atoms with Crippen molar-refractivity contribution in [3.05, 3.63) is 29.8 Å². The van der Waals surface area contributed by atoms with E-state index >= 15 is 0 Å². The largest absolute Gasteiger partial charge is 0.387 e. The van der Waals surface area contributed by atoms with Crippen molar-refractivity contribution < 1.29 is 23.0 Å². The van der Waals surface area contributed by atoms with Crippen LogP contribution in [0.3, 0.4) is 0 Å². The summed E-state index contributed by atoms with van der Waals surface area (Å²) in [6.45, 7) is 7.71. The highest BCUT2D eigenvalue weighted by atomic mass is 32.2. The Labute approximate surface area is 133 Å². The number of rotatable bonds is 8. The van der Waals surface area contributed by atoms with Crippen LogP contribution in [0.1, 0.15) is 45.8 Å². The predicted octanol–water partition coefficient (Wildman–Crippen LogP) is 2.69. The van der Waals surface area contributed by atoms with Gasteiger partial charge in [0.1, 0.15) is 6.10 Å². The molecular formula is C16H26O5S. The van der Waals surface area contributed by atoms with E-state index in [-0.39, 0.29) is 4.90 Å². The molecule has 1 rings (SSSR count). The van der Waals surface area contributed by atoms with E-state index in [4.69, 9.17) is 9.47 Å². The van der Waals surface area contributed by atoms with Crippen LogP contribution in [0.15, 0.2) is 29.2 Å². The number of hydrogen-bond donors (Lipinski definition) is 1. The second-order valence-electron chi connectivity index (χ2n) is 5.59. The van der Waals surface area contributed by atoms with Gasteiger partial charge in [0.2, 0.25) is 0 Å². The van der Waals surface area contributed by atoms with Gasteiger partial charge in [0.25, 0.3) is 0 Å². The first kappa shape index (κ1) is 19.1. The third kappa shape index (κ3) is 5.05. The second-order valence-corrected chi connectivity index (χ2v) is 7.61. The van der Waals surface area contributed by atoms with Crippen LogP contribution < -0.4 is 0 Å². The monoisotopic (exact) mass is 330 g/mol. The van der Waals surface area contributed by atoms with Gasteiger partial charge in [0.05, 0.1) is 10.5 Å². The summed E-state index contributed by atoms with van der Waals surface area (Å²) in [5.41, 5.74) is -0.372. The average molecular weight is 330 g/mol. The molecule has 6 heteroatoms. The molecule has 0 fully saturated rings. The van der Waals surface area contributed by atoms with Crippen molar-refractivity contribution in [2.45, 2.75) is 57.0 Å². The van der Waals surface area contributed by atoms with Crippen molar-refractivity contribution in [1.29, 1.82) is 0 Å². The Morgan fingerprint density at radius 1 is 1.23 bits per heavy atom. The third-order valence-corrected chi connectivity index (χ3v) is 4.75. The average Bonchev–Trinajstić information content (AvgIpc) is 2.44. The lowest BCUT2D eigenvalue weighted by Gasteiger charge is -2.34. The topological polar surface area (TPSA) is 72.8 Å². The van der Waals surface area contributed by atoms with Crippen molar-refractivity contribution in [1.82, 2.24) is 0 Å². The Balaban J connectivity index is 3.11. The molecule has 0 aliphatic rings. The number of sulfone groups is 1. The lowest BCUT2D eigenvalue weighted by molar-refractivity contribution is -0.207. The van der Waals surface area contributed by atoms with E-state index in [1.807, 2.05) is 13.8 Å². The van der Waals surface area contributed by atoms with E-state index in [0.717, 1.165) is 6.26 Å². The van der Waals surface area contributed by atoms with Crippen LogP contribution in [0.25, 0.3) is 0 Å². The van der Waals surface area contributed by atoms with E-state index in [1.165, 1.54) is 12.1 Å². The molecule has 0 amide bonds. The number of ether oxygens (including phenoxy) is 2. The summed E-state index contributed by atoms with van der Waals surface area (Å²) in [5, 5.41) is 10.6. The van der Waals surface area contributed by atoms with Gasteiger partial charge in [-0.2, -0.15) is 0 Å². The summed E-state index contributed by atoms with van der Waals surface area (Å²) in [5.74, 6) is 0. The summed E-state index contributed by atoms with van der Waals surface area (Å²) in [6.07, 6.45) is 0.579. The Kier molecular flexibility index (Phi) is 6.55. The van der Waals surface area contributed by atoms with E-state index in [0.29, 0.717) is 18.6 Å². The Morgan fingerprint density at radius 3 is 2.18 bits per heavy atom. The van der Waals surface area contributed by atoms with Gasteiger partial charge in [-0.05, 0) is 44.9 Å². The molecule has 1 unspecified atom stereocenters. The van der Waals surface area contributed by atoms with Gasteiger partial charge < -0.3 is 14.6 Å². The predicted molar refractivity (Wildman–Crippen MR) is 85.4 cm³/mol. The van der Waals surface area contributed by atoms with E-state index in [1.54, 1.807) is 26.0 Å². The summed E-state index contributed by atoms with van der Waals surface area (Å²) in [4.78, 5) is 0.240. The van der Waals surface area contributed by atoms with Gasteiger partial charge in [-0.15, -0.1) is 0 Å². The Morgan fingerprint density at radius 2 is 1.77 bits per heavy atom. The summed E-state index contributed by atoms with van der Waals surface area (Å²) in [6, 6.07) is 6.39. The van der Waals surface area contributed by atoms with Crippen molar-refractivity contribution in [3.8, 4) is 0 Å². The van der Waals surface area contributed by atoms with Crippen molar-refractivity contribution in [3.63, 3.8) is 0 Å². The molecule has 0 spiro atoms. The maximum absolute atomic E-state index is 11.5. The lowest BCUT2D eigenvalue weighted by Crippen LogP contribution is -2.36. The minimum Gasteiger partial charge on any atom is -0.387 e. The van der Waals surface area contributed by atoms with E-state index in [2.05, 4.69) is 0 Å². The smallest absolute Gasteiger partial charge is 0.175 e. The van der Waals surface area contributed by atoms with Crippen LogP contribution in [0, 0.1) is 0 Å². The zero-order chi connectivity index (χ0) is 17.0. The van der Waals surface area contributed by atoms with Crippen molar-refractivity contribution in [2.75, 3.05) is 12.9 Å². The van der Waals surface area contributed by atoms with Gasteiger partial charge in [-0.3, -0.25) is 0 Å². The molecular weight excluding hydrogens is 304 g/mol. The van der Waals surface area contributed by atoms with Crippen LogP contribution in [-0.4, -0.2) is 38.3 Å². The Bertz CT molecular complexity index is 563. The van der Waals surface area contributed by atoms with Gasteiger partial charge >= 0.3 is 0 Å². The molecule has 0 bridgehead atoms. The van der Waals surface area contributed by atoms with Gasteiger partial charge in [-0.25, -0.2) is 8.42 Å². The molecule has 22 heavy (non-hydrogen) atoms. The molecule has 1 aromatic rings. The van der Waals surface area contributed by atoms with E-state index in [9.17, 15) is 13.5 Å². The van der Waals surface area contributed by atoms with Crippen LogP contribution >= 0.6 is 0 Å².